The zero-order valence-corrected chi connectivity index (χ0v) is 14.9. The lowest BCUT2D eigenvalue weighted by Crippen LogP contribution is -2.34. The molecule has 1 aliphatic heterocycles. The summed E-state index contributed by atoms with van der Waals surface area (Å²) in [5.41, 5.74) is 2.10. The Hall–Kier alpha value is -3.42. The molecule has 0 aliphatic carbocycles. The number of aromatic nitrogens is 3. The van der Waals surface area contributed by atoms with Crippen molar-refractivity contribution in [2.24, 2.45) is 0 Å². The number of hydrogen-bond acceptors (Lipinski definition) is 4. The monoisotopic (exact) mass is 365 g/mol. The number of hydrogen-bond donors (Lipinski definition) is 1. The van der Waals surface area contributed by atoms with Gasteiger partial charge in [-0.2, -0.15) is 0 Å². The number of benzene rings is 1. The summed E-state index contributed by atoms with van der Waals surface area (Å²) in [5, 5.41) is 2.79. The van der Waals surface area contributed by atoms with Gasteiger partial charge in [0.2, 0.25) is 11.8 Å². The fraction of sp³-hybridized carbons (Fsp3) is 0.263. The molecule has 0 saturated carbocycles. The Morgan fingerprint density at radius 1 is 1.19 bits per heavy atom. The Balaban J connectivity index is 1.49. The van der Waals surface area contributed by atoms with Crippen molar-refractivity contribution in [2.45, 2.75) is 19.9 Å². The highest BCUT2D eigenvalue weighted by Crippen LogP contribution is 2.14. The minimum Gasteiger partial charge on any atom is -0.319 e. The van der Waals surface area contributed by atoms with E-state index < -0.39 is 0 Å². The molecule has 2 amide bonds. The number of carbonyl (C=O) groups is 2. The topological polar surface area (TPSA) is 90.8 Å². The van der Waals surface area contributed by atoms with E-state index in [4.69, 9.17) is 0 Å². The van der Waals surface area contributed by atoms with Gasteiger partial charge in [-0.3, -0.25) is 19.5 Å². The average molecular weight is 365 g/mol. The molecule has 2 aromatic heterocycles. The summed E-state index contributed by atoms with van der Waals surface area (Å²) in [4.78, 5) is 45.0. The second-order valence-electron chi connectivity index (χ2n) is 6.62. The van der Waals surface area contributed by atoms with E-state index in [0.29, 0.717) is 23.4 Å². The van der Waals surface area contributed by atoms with Crippen LogP contribution in [-0.4, -0.2) is 49.4 Å². The molecule has 0 unspecified atom stereocenters. The molecular weight excluding hydrogens is 346 g/mol. The van der Waals surface area contributed by atoms with E-state index in [-0.39, 0.29) is 37.0 Å². The van der Waals surface area contributed by atoms with Gasteiger partial charge in [0.05, 0.1) is 13.1 Å². The highest BCUT2D eigenvalue weighted by Gasteiger charge is 2.31. The van der Waals surface area contributed by atoms with Gasteiger partial charge in [-0.05, 0) is 12.5 Å². The summed E-state index contributed by atoms with van der Waals surface area (Å²) < 4.78 is 1.31. The second kappa shape index (κ2) is 6.71. The number of H-pyrrole nitrogens is 1. The van der Waals surface area contributed by atoms with E-state index in [1.807, 2.05) is 30.3 Å². The van der Waals surface area contributed by atoms with E-state index >= 15 is 0 Å². The Morgan fingerprint density at radius 3 is 2.74 bits per heavy atom. The van der Waals surface area contributed by atoms with Crippen molar-refractivity contribution >= 4 is 17.5 Å². The van der Waals surface area contributed by atoms with Crippen molar-refractivity contribution in [3.8, 4) is 0 Å². The maximum Gasteiger partial charge on any atom is 0.276 e. The first-order chi connectivity index (χ1) is 13.0. The van der Waals surface area contributed by atoms with Gasteiger partial charge >= 0.3 is 0 Å². The number of carbonyl (C=O) groups excluding carboxylic acids is 2. The molecular formula is C19H19N5O3. The zero-order chi connectivity index (χ0) is 19.0. The van der Waals surface area contributed by atoms with Gasteiger partial charge in [0.15, 0.2) is 5.65 Å². The highest BCUT2D eigenvalue weighted by atomic mass is 16.2. The van der Waals surface area contributed by atoms with Gasteiger partial charge in [0.25, 0.3) is 5.56 Å². The number of aromatic amines is 1. The van der Waals surface area contributed by atoms with Crippen molar-refractivity contribution in [2.75, 3.05) is 13.2 Å². The maximum atomic E-state index is 12.7. The van der Waals surface area contributed by atoms with E-state index in [1.54, 1.807) is 24.1 Å². The molecule has 0 radical (unpaired) electrons. The number of fused-ring (bicyclic) bond motifs is 1. The van der Waals surface area contributed by atoms with Crippen LogP contribution in [0.25, 0.3) is 5.65 Å². The summed E-state index contributed by atoms with van der Waals surface area (Å²) in [7, 11) is 0. The summed E-state index contributed by atoms with van der Waals surface area (Å²) in [5.74, 6) is -0.356. The molecule has 1 aliphatic rings. The molecule has 3 heterocycles. The molecule has 4 rings (SSSR count). The molecule has 3 aromatic rings. The van der Waals surface area contributed by atoms with Crippen LogP contribution in [0.5, 0.6) is 0 Å². The fourth-order valence-electron chi connectivity index (χ4n) is 3.28. The number of rotatable bonds is 4. The van der Waals surface area contributed by atoms with Crippen LogP contribution in [0, 0.1) is 6.92 Å². The Kier molecular flexibility index (Phi) is 4.23. The smallest absolute Gasteiger partial charge is 0.276 e. The van der Waals surface area contributed by atoms with E-state index in [1.165, 1.54) is 9.42 Å². The van der Waals surface area contributed by atoms with Crippen molar-refractivity contribution in [1.29, 1.82) is 0 Å². The average Bonchev–Trinajstić information content (AvgIpc) is 3.26. The normalized spacial score (nSPS) is 14.3. The molecule has 0 spiro atoms. The minimum absolute atomic E-state index is 0.0320. The molecule has 0 bridgehead atoms. The number of nitrogens with one attached hydrogen (secondary N) is 1. The third-order valence-electron chi connectivity index (χ3n) is 4.76. The van der Waals surface area contributed by atoms with Gasteiger partial charge in [-0.15, -0.1) is 0 Å². The number of aryl methyl sites for hydroxylation is 1. The van der Waals surface area contributed by atoms with Crippen LogP contribution < -0.4 is 5.56 Å². The van der Waals surface area contributed by atoms with Crippen LogP contribution in [0.4, 0.5) is 0 Å². The zero-order valence-electron chi connectivity index (χ0n) is 14.9. The second-order valence-corrected chi connectivity index (χ2v) is 6.62. The highest BCUT2D eigenvalue weighted by molar-refractivity contribution is 5.88. The van der Waals surface area contributed by atoms with Crippen LogP contribution >= 0.6 is 0 Å². The van der Waals surface area contributed by atoms with Crippen molar-refractivity contribution in [3.05, 3.63) is 69.8 Å². The van der Waals surface area contributed by atoms with Crippen molar-refractivity contribution in [1.82, 2.24) is 24.4 Å². The molecule has 27 heavy (non-hydrogen) atoms. The molecule has 1 saturated heterocycles. The lowest BCUT2D eigenvalue weighted by molar-refractivity contribution is -0.131. The molecule has 0 atom stereocenters. The van der Waals surface area contributed by atoms with Crippen LogP contribution in [0.15, 0.2) is 47.4 Å². The van der Waals surface area contributed by atoms with Gasteiger partial charge in [0.1, 0.15) is 6.54 Å². The number of nitrogens with zero attached hydrogens (tertiary/aromatic N) is 4. The van der Waals surface area contributed by atoms with Crippen LogP contribution in [0.2, 0.25) is 0 Å². The van der Waals surface area contributed by atoms with Gasteiger partial charge in [-0.25, -0.2) is 9.50 Å². The molecule has 1 fully saturated rings. The van der Waals surface area contributed by atoms with E-state index in [2.05, 4.69) is 10.1 Å². The Labute approximate surface area is 155 Å². The van der Waals surface area contributed by atoms with E-state index in [9.17, 15) is 14.4 Å². The van der Waals surface area contributed by atoms with Gasteiger partial charge in [0, 0.05) is 30.1 Å². The lowest BCUT2D eigenvalue weighted by atomic mass is 10.1. The molecule has 138 valence electrons. The van der Waals surface area contributed by atoms with Crippen molar-refractivity contribution in [3.63, 3.8) is 0 Å². The quantitative estimate of drug-likeness (QED) is 0.737. The molecule has 1 aromatic carbocycles. The SMILES string of the molecule is Cc1nc2cc[nH]n2c(=O)c1CC(=O)N1CC(=O)N(Cc2ccccc2)C1. The summed E-state index contributed by atoms with van der Waals surface area (Å²) >= 11 is 0. The maximum absolute atomic E-state index is 12.7. The van der Waals surface area contributed by atoms with Crippen LogP contribution in [0.1, 0.15) is 16.8 Å². The first kappa shape index (κ1) is 17.0. The fourth-order valence-corrected chi connectivity index (χ4v) is 3.28. The number of amides is 2. The first-order valence-electron chi connectivity index (χ1n) is 8.68. The standard InChI is InChI=1S/C19H19N5O3/c1-13-15(19(27)24-16(21-13)7-8-20-24)9-17(25)23-11-18(26)22(12-23)10-14-5-3-2-4-6-14/h2-8,20H,9-12H2,1H3. The summed E-state index contributed by atoms with van der Waals surface area (Å²) in [6.45, 7) is 2.43. The van der Waals surface area contributed by atoms with Crippen LogP contribution in [-0.2, 0) is 22.6 Å². The van der Waals surface area contributed by atoms with Gasteiger partial charge in [-0.1, -0.05) is 30.3 Å². The van der Waals surface area contributed by atoms with Gasteiger partial charge < -0.3 is 9.80 Å². The van der Waals surface area contributed by atoms with Crippen molar-refractivity contribution < 1.29 is 9.59 Å². The summed E-state index contributed by atoms with van der Waals surface area (Å²) in [6, 6.07) is 11.3. The van der Waals surface area contributed by atoms with E-state index in [0.717, 1.165) is 5.56 Å². The molecule has 8 nitrogen and oxygen atoms in total. The predicted molar refractivity (Wildman–Crippen MR) is 97.8 cm³/mol. The summed E-state index contributed by atoms with van der Waals surface area (Å²) in [6.07, 6.45) is 1.54. The van der Waals surface area contributed by atoms with Crippen LogP contribution in [0.3, 0.4) is 0 Å². The minimum atomic E-state index is -0.289. The first-order valence-corrected chi connectivity index (χ1v) is 8.68. The third kappa shape index (κ3) is 3.21. The third-order valence-corrected chi connectivity index (χ3v) is 4.76. The lowest BCUT2D eigenvalue weighted by Gasteiger charge is -2.18. The Bertz CT molecular complexity index is 1070. The molecule has 1 N–H and O–H groups in total. The largest absolute Gasteiger partial charge is 0.319 e. The predicted octanol–water partition coefficient (Wildman–Crippen LogP) is 0.702. The molecule has 8 heteroatoms. The Morgan fingerprint density at radius 2 is 1.96 bits per heavy atom.